The molecule has 8 heteroatoms. The molecule has 0 saturated heterocycles. The molecule has 0 aliphatic rings. The first-order chi connectivity index (χ1) is 9.68. The van der Waals surface area contributed by atoms with Crippen LogP contribution in [0.1, 0.15) is 34.1 Å². The average molecular weight is 328 g/mol. The molecule has 0 amide bonds. The maximum absolute atomic E-state index is 12.5. The minimum Gasteiger partial charge on any atom is -0.392 e. The molecule has 128 valence electrons. The second kappa shape index (κ2) is 10.7. The first kappa shape index (κ1) is 21.0. The smallest absolute Gasteiger partial charge is 0.333 e. The monoisotopic (exact) mass is 328 g/mol. The molecule has 0 aromatic rings. The van der Waals surface area contributed by atoms with Crippen molar-refractivity contribution in [3.63, 3.8) is 0 Å². The van der Waals surface area contributed by atoms with Gasteiger partial charge in [0.1, 0.15) is 6.79 Å². The minimum atomic E-state index is -3.40. The summed E-state index contributed by atoms with van der Waals surface area (Å²) in [4.78, 5) is 0. The fourth-order valence-corrected chi connectivity index (χ4v) is 3.91. The van der Waals surface area contributed by atoms with E-state index in [-0.39, 0.29) is 38.2 Å². The van der Waals surface area contributed by atoms with Gasteiger partial charge in [-0.25, -0.2) is 0 Å². The van der Waals surface area contributed by atoms with Crippen molar-refractivity contribution in [1.82, 2.24) is 0 Å². The largest absolute Gasteiger partial charge is 0.392 e. The van der Waals surface area contributed by atoms with E-state index in [0.29, 0.717) is 0 Å². The molecule has 2 atom stereocenters. The van der Waals surface area contributed by atoms with Crippen LogP contribution in [0.4, 0.5) is 0 Å². The molecule has 0 heterocycles. The van der Waals surface area contributed by atoms with Crippen molar-refractivity contribution >= 4 is 7.60 Å². The van der Waals surface area contributed by atoms with Gasteiger partial charge in [-0.2, -0.15) is 0 Å². The lowest BCUT2D eigenvalue weighted by molar-refractivity contribution is -0.0684. The first-order valence-electron chi connectivity index (χ1n) is 7.07. The van der Waals surface area contributed by atoms with Crippen LogP contribution in [0.15, 0.2) is 0 Å². The summed E-state index contributed by atoms with van der Waals surface area (Å²) in [5.41, 5.74) is 0. The quantitative estimate of drug-likeness (QED) is 0.320. The molecule has 0 aliphatic heterocycles. The molecule has 21 heavy (non-hydrogen) atoms. The molecule has 0 saturated carbocycles. The van der Waals surface area contributed by atoms with Gasteiger partial charge in [0.25, 0.3) is 0 Å². The van der Waals surface area contributed by atoms with Crippen LogP contribution in [0, 0.1) is 0 Å². The third kappa shape index (κ3) is 11.2. The Kier molecular flexibility index (Phi) is 10.7. The minimum absolute atomic E-state index is 0.0244. The first-order valence-corrected chi connectivity index (χ1v) is 8.80. The fraction of sp³-hybridized carbons (Fsp3) is 1.00. The lowest BCUT2D eigenvalue weighted by Crippen LogP contribution is -2.26. The Morgan fingerprint density at radius 1 is 1.00 bits per heavy atom. The third-order valence-corrected chi connectivity index (χ3v) is 4.59. The SMILES string of the molecule is COCOCC(O)CC(O)CP(=O)(OC(C)C)OC(C)C. The Labute approximate surface area is 127 Å². The van der Waals surface area contributed by atoms with Gasteiger partial charge in [-0.3, -0.25) is 4.57 Å². The summed E-state index contributed by atoms with van der Waals surface area (Å²) >= 11 is 0. The van der Waals surface area contributed by atoms with Gasteiger partial charge in [0, 0.05) is 13.5 Å². The van der Waals surface area contributed by atoms with Crippen LogP contribution >= 0.6 is 7.60 Å². The van der Waals surface area contributed by atoms with E-state index in [9.17, 15) is 14.8 Å². The molecule has 0 aromatic carbocycles. The maximum Gasteiger partial charge on any atom is 0.333 e. The van der Waals surface area contributed by atoms with Gasteiger partial charge >= 0.3 is 7.60 Å². The predicted molar refractivity (Wildman–Crippen MR) is 79.4 cm³/mol. The van der Waals surface area contributed by atoms with E-state index >= 15 is 0 Å². The van der Waals surface area contributed by atoms with E-state index in [2.05, 4.69) is 4.74 Å². The number of methoxy groups -OCH3 is 1. The standard InChI is InChI=1S/C13H29O7P/c1-10(2)19-21(16,20-11(3)4)8-13(15)6-12(14)7-18-9-17-5/h10-15H,6-9H2,1-5H3. The normalized spacial score (nSPS) is 15.7. The van der Waals surface area contributed by atoms with Crippen molar-refractivity contribution in [2.24, 2.45) is 0 Å². The van der Waals surface area contributed by atoms with Gasteiger partial charge in [0.2, 0.25) is 0 Å². The van der Waals surface area contributed by atoms with E-state index in [0.717, 1.165) is 0 Å². The van der Waals surface area contributed by atoms with E-state index in [1.807, 2.05) is 0 Å². The second-order valence-electron chi connectivity index (χ2n) is 5.42. The van der Waals surface area contributed by atoms with E-state index < -0.39 is 19.8 Å². The van der Waals surface area contributed by atoms with Gasteiger partial charge in [0.15, 0.2) is 0 Å². The molecule has 0 fully saturated rings. The van der Waals surface area contributed by atoms with Crippen molar-refractivity contribution < 1.29 is 33.3 Å². The van der Waals surface area contributed by atoms with Crippen LogP contribution in [0.2, 0.25) is 0 Å². The van der Waals surface area contributed by atoms with Gasteiger partial charge in [0.05, 0.1) is 37.2 Å². The topological polar surface area (TPSA) is 94.5 Å². The number of ether oxygens (including phenoxy) is 2. The Morgan fingerprint density at radius 2 is 1.52 bits per heavy atom. The number of aliphatic hydroxyl groups is 2. The van der Waals surface area contributed by atoms with Gasteiger partial charge in [-0.15, -0.1) is 0 Å². The van der Waals surface area contributed by atoms with Crippen LogP contribution in [0.3, 0.4) is 0 Å². The van der Waals surface area contributed by atoms with E-state index in [1.165, 1.54) is 7.11 Å². The van der Waals surface area contributed by atoms with Gasteiger partial charge in [-0.1, -0.05) is 0 Å². The van der Waals surface area contributed by atoms with Gasteiger partial charge < -0.3 is 28.7 Å². The van der Waals surface area contributed by atoms with Crippen LogP contribution in [-0.2, 0) is 23.1 Å². The van der Waals surface area contributed by atoms with Crippen molar-refractivity contribution in [1.29, 1.82) is 0 Å². The van der Waals surface area contributed by atoms with E-state index in [1.54, 1.807) is 27.7 Å². The van der Waals surface area contributed by atoms with Crippen molar-refractivity contribution in [3.05, 3.63) is 0 Å². The fourth-order valence-electron chi connectivity index (χ4n) is 1.74. The van der Waals surface area contributed by atoms with Crippen LogP contribution in [0.25, 0.3) is 0 Å². The predicted octanol–water partition coefficient (Wildman–Crippen LogP) is 1.76. The highest BCUT2D eigenvalue weighted by molar-refractivity contribution is 7.53. The van der Waals surface area contributed by atoms with Crippen LogP contribution in [0.5, 0.6) is 0 Å². The molecule has 0 spiro atoms. The summed E-state index contributed by atoms with van der Waals surface area (Å²) in [5, 5.41) is 19.7. The Bertz CT molecular complexity index is 295. The van der Waals surface area contributed by atoms with Crippen LogP contribution < -0.4 is 0 Å². The molecule has 0 bridgehead atoms. The lowest BCUT2D eigenvalue weighted by atomic mass is 10.2. The summed E-state index contributed by atoms with van der Waals surface area (Å²) in [5.74, 6) is 0. The zero-order chi connectivity index (χ0) is 16.5. The zero-order valence-electron chi connectivity index (χ0n) is 13.5. The molecular weight excluding hydrogens is 299 g/mol. The lowest BCUT2D eigenvalue weighted by Gasteiger charge is -2.25. The Morgan fingerprint density at radius 3 is 1.95 bits per heavy atom. The Balaban J connectivity index is 4.38. The number of rotatable bonds is 12. The molecule has 7 nitrogen and oxygen atoms in total. The van der Waals surface area contributed by atoms with Crippen molar-refractivity contribution in [3.8, 4) is 0 Å². The molecular formula is C13H29O7P. The maximum atomic E-state index is 12.5. The van der Waals surface area contributed by atoms with Gasteiger partial charge in [-0.05, 0) is 27.7 Å². The molecule has 2 N–H and O–H groups in total. The molecule has 0 radical (unpaired) electrons. The van der Waals surface area contributed by atoms with Crippen molar-refractivity contribution in [2.45, 2.75) is 58.5 Å². The van der Waals surface area contributed by atoms with E-state index in [4.69, 9.17) is 13.8 Å². The third-order valence-electron chi connectivity index (χ3n) is 2.23. The molecule has 2 unspecified atom stereocenters. The van der Waals surface area contributed by atoms with Crippen molar-refractivity contribution in [2.75, 3.05) is 26.7 Å². The average Bonchev–Trinajstić information content (AvgIpc) is 2.25. The summed E-state index contributed by atoms with van der Waals surface area (Å²) < 4.78 is 32.9. The Hall–Kier alpha value is -0.0100. The molecule has 0 aromatic heterocycles. The summed E-state index contributed by atoms with van der Waals surface area (Å²) in [6.07, 6.45) is -2.58. The number of hydrogen-bond acceptors (Lipinski definition) is 7. The summed E-state index contributed by atoms with van der Waals surface area (Å²) in [6.45, 7) is 7.09. The highest BCUT2D eigenvalue weighted by Gasteiger charge is 2.31. The zero-order valence-corrected chi connectivity index (χ0v) is 14.4. The second-order valence-corrected chi connectivity index (χ2v) is 7.43. The van der Waals surface area contributed by atoms with Crippen LogP contribution in [-0.4, -0.2) is 61.3 Å². The summed E-state index contributed by atoms with van der Waals surface area (Å²) in [7, 11) is -1.93. The highest BCUT2D eigenvalue weighted by Crippen LogP contribution is 2.51. The summed E-state index contributed by atoms with van der Waals surface area (Å²) in [6, 6.07) is 0. The molecule has 0 rings (SSSR count). The number of hydrogen-bond donors (Lipinski definition) is 2. The number of aliphatic hydroxyl groups excluding tert-OH is 2. The highest BCUT2D eigenvalue weighted by atomic mass is 31.2. The molecule has 0 aliphatic carbocycles.